The van der Waals surface area contributed by atoms with Crippen LogP contribution >= 0.6 is 0 Å². The van der Waals surface area contributed by atoms with Crippen molar-refractivity contribution in [2.75, 3.05) is 23.7 Å². The molecule has 1 aliphatic carbocycles. The summed E-state index contributed by atoms with van der Waals surface area (Å²) in [5, 5.41) is 5.85. The number of nitrogens with zero attached hydrogens (tertiary/aromatic N) is 5. The predicted molar refractivity (Wildman–Crippen MR) is 130 cm³/mol. The van der Waals surface area contributed by atoms with Crippen LogP contribution in [0.25, 0.3) is 11.2 Å². The van der Waals surface area contributed by atoms with Gasteiger partial charge in [0.2, 0.25) is 17.8 Å². The van der Waals surface area contributed by atoms with Crippen molar-refractivity contribution >= 4 is 34.7 Å². The zero-order chi connectivity index (χ0) is 25.4. The average Bonchev–Trinajstić information content (AvgIpc) is 3.49. The molecule has 2 aliphatic rings. The topological polar surface area (TPSA) is 88.0 Å². The van der Waals surface area contributed by atoms with Gasteiger partial charge in [0, 0.05) is 31.3 Å². The number of halogens is 3. The lowest BCUT2D eigenvalue weighted by atomic mass is 9.91. The summed E-state index contributed by atoms with van der Waals surface area (Å²) in [6.07, 6.45) is 8.65. The van der Waals surface area contributed by atoms with Crippen LogP contribution in [0.15, 0.2) is 30.5 Å². The van der Waals surface area contributed by atoms with Crippen LogP contribution < -0.4 is 10.6 Å². The largest absolute Gasteiger partial charge is 0.352 e. The Morgan fingerprint density at radius 2 is 1.78 bits per heavy atom. The third-order valence-corrected chi connectivity index (χ3v) is 6.50. The highest BCUT2D eigenvalue weighted by atomic mass is 19.1. The minimum Gasteiger partial charge on any atom is -0.352 e. The highest BCUT2D eigenvalue weighted by Gasteiger charge is 2.30. The van der Waals surface area contributed by atoms with E-state index in [2.05, 4.69) is 25.6 Å². The molecule has 3 aromatic rings. The van der Waals surface area contributed by atoms with E-state index in [-0.39, 0.29) is 29.9 Å². The number of carbonyl (C=O) groups is 1. The van der Waals surface area contributed by atoms with Gasteiger partial charge in [-0.25, -0.2) is 23.1 Å². The number of fused-ring (bicyclic) bond motifs is 1. The number of likely N-dealkylation sites (tertiary alicyclic amines) is 1. The van der Waals surface area contributed by atoms with Crippen molar-refractivity contribution in [3.05, 3.63) is 47.9 Å². The molecule has 1 amide bonds. The van der Waals surface area contributed by atoms with E-state index in [1.807, 2.05) is 30.9 Å². The lowest BCUT2D eigenvalue weighted by Gasteiger charge is -2.27. The molecule has 2 N–H and O–H groups in total. The van der Waals surface area contributed by atoms with Crippen LogP contribution in [0.3, 0.4) is 0 Å². The number of carbonyl (C=O) groups excluding carboxylic acids is 1. The van der Waals surface area contributed by atoms with E-state index >= 15 is 0 Å². The van der Waals surface area contributed by atoms with Gasteiger partial charge in [0.1, 0.15) is 17.0 Å². The normalized spacial score (nSPS) is 19.9. The second-order valence-electron chi connectivity index (χ2n) is 9.54. The van der Waals surface area contributed by atoms with Crippen molar-refractivity contribution in [3.63, 3.8) is 0 Å². The van der Waals surface area contributed by atoms with Crippen molar-refractivity contribution in [2.45, 2.75) is 51.6 Å². The molecule has 1 saturated heterocycles. The smallest absolute Gasteiger partial charge is 0.229 e. The van der Waals surface area contributed by atoms with Crippen molar-refractivity contribution in [1.82, 2.24) is 24.4 Å². The van der Waals surface area contributed by atoms with Gasteiger partial charge in [-0.3, -0.25) is 9.36 Å². The van der Waals surface area contributed by atoms with Crippen molar-refractivity contribution in [2.24, 2.45) is 5.92 Å². The molecule has 0 radical (unpaired) electrons. The molecule has 1 aliphatic heterocycles. The molecule has 8 nitrogen and oxygen atoms in total. The lowest BCUT2D eigenvalue weighted by molar-refractivity contribution is -0.133. The first-order valence-electron chi connectivity index (χ1n) is 12.2. The number of nitrogens with one attached hydrogen (secondary N) is 2. The quantitative estimate of drug-likeness (QED) is 0.468. The van der Waals surface area contributed by atoms with E-state index in [0.717, 1.165) is 25.9 Å². The van der Waals surface area contributed by atoms with Gasteiger partial charge in [0.05, 0.1) is 18.2 Å². The first kappa shape index (κ1) is 24.1. The Kier molecular flexibility index (Phi) is 6.55. The Hall–Kier alpha value is -3.63. The number of rotatable bonds is 6. The summed E-state index contributed by atoms with van der Waals surface area (Å²) >= 11 is 0. The van der Waals surface area contributed by atoms with E-state index < -0.39 is 23.1 Å². The highest BCUT2D eigenvalue weighted by molar-refractivity contribution is 5.81. The molecular formula is C25H28F3N7O. The van der Waals surface area contributed by atoms with Crippen LogP contribution in [0.5, 0.6) is 0 Å². The standard InChI is InChI=1S/C25H28F3N7O/c1-14(2)30-24-29-13-20-22(33-24)35(25(31-20)32-21-18(27)11-16(26)12-19(21)28)17-7-5-15(6-8-17)23(36)34-9-3-4-10-34/h5,7,11-15,17H,3-4,6,8-10H2,1-2H3,(H,31,32)(H,29,30,33)/t15?,17-/m1/s1. The molecule has 0 saturated carbocycles. The molecule has 1 fully saturated rings. The SMILES string of the molecule is CC(C)Nc1ncc2nc(Nc3c(F)cc(F)cc3F)n([C@@H]3C=CC(C(=O)N4CCCC4)CC3)c2n1. The van der Waals surface area contributed by atoms with Crippen molar-refractivity contribution in [1.29, 1.82) is 0 Å². The number of hydrogen-bond acceptors (Lipinski definition) is 6. The number of hydrogen-bond donors (Lipinski definition) is 2. The molecule has 36 heavy (non-hydrogen) atoms. The summed E-state index contributed by atoms with van der Waals surface area (Å²) in [4.78, 5) is 28.2. The summed E-state index contributed by atoms with van der Waals surface area (Å²) < 4.78 is 44.1. The maximum atomic E-state index is 14.4. The Balaban J connectivity index is 1.52. The van der Waals surface area contributed by atoms with Gasteiger partial charge in [0.15, 0.2) is 17.3 Å². The summed E-state index contributed by atoms with van der Waals surface area (Å²) in [6, 6.07) is 1.04. The van der Waals surface area contributed by atoms with Crippen LogP contribution in [-0.2, 0) is 4.79 Å². The fourth-order valence-electron chi connectivity index (χ4n) is 4.79. The summed E-state index contributed by atoms with van der Waals surface area (Å²) in [7, 11) is 0. The summed E-state index contributed by atoms with van der Waals surface area (Å²) in [5.74, 6) is -2.69. The molecule has 11 heteroatoms. The molecule has 5 rings (SSSR count). The number of allylic oxidation sites excluding steroid dienone is 1. The van der Waals surface area contributed by atoms with Crippen molar-refractivity contribution in [3.8, 4) is 0 Å². The number of benzene rings is 1. The third-order valence-electron chi connectivity index (χ3n) is 6.50. The third kappa shape index (κ3) is 4.74. The molecule has 2 atom stereocenters. The van der Waals surface area contributed by atoms with Gasteiger partial charge in [-0.15, -0.1) is 0 Å². The molecule has 2 aromatic heterocycles. The zero-order valence-electron chi connectivity index (χ0n) is 20.1. The maximum Gasteiger partial charge on any atom is 0.229 e. The zero-order valence-corrected chi connectivity index (χ0v) is 20.1. The molecule has 1 unspecified atom stereocenters. The van der Waals surface area contributed by atoms with Gasteiger partial charge < -0.3 is 15.5 Å². The van der Waals surface area contributed by atoms with Gasteiger partial charge in [-0.2, -0.15) is 4.98 Å². The van der Waals surface area contributed by atoms with E-state index in [1.54, 1.807) is 10.8 Å². The van der Waals surface area contributed by atoms with Crippen LogP contribution in [0.4, 0.5) is 30.8 Å². The molecule has 190 valence electrons. The van der Waals surface area contributed by atoms with E-state index in [0.29, 0.717) is 42.1 Å². The Labute approximate surface area is 206 Å². The van der Waals surface area contributed by atoms with Gasteiger partial charge in [-0.1, -0.05) is 12.2 Å². The predicted octanol–water partition coefficient (Wildman–Crippen LogP) is 4.94. The highest BCUT2D eigenvalue weighted by Crippen LogP contribution is 2.35. The average molecular weight is 500 g/mol. The molecule has 3 heterocycles. The number of amides is 1. The molecular weight excluding hydrogens is 471 g/mol. The summed E-state index contributed by atoms with van der Waals surface area (Å²) in [6.45, 7) is 5.51. The van der Waals surface area contributed by atoms with Crippen LogP contribution in [-0.4, -0.2) is 49.5 Å². The lowest BCUT2D eigenvalue weighted by Crippen LogP contribution is -2.34. The molecule has 1 aromatic carbocycles. The van der Waals surface area contributed by atoms with E-state index in [4.69, 9.17) is 0 Å². The Morgan fingerprint density at radius 1 is 1.06 bits per heavy atom. The molecule has 0 spiro atoms. The Bertz CT molecular complexity index is 1290. The molecule has 0 bridgehead atoms. The summed E-state index contributed by atoms with van der Waals surface area (Å²) in [5.41, 5.74) is 0.388. The Morgan fingerprint density at radius 3 is 2.42 bits per heavy atom. The fourth-order valence-corrected chi connectivity index (χ4v) is 4.79. The number of aromatic nitrogens is 4. The first-order chi connectivity index (χ1) is 17.3. The van der Waals surface area contributed by atoms with Crippen LogP contribution in [0.1, 0.15) is 45.6 Å². The second-order valence-corrected chi connectivity index (χ2v) is 9.54. The van der Waals surface area contributed by atoms with Crippen LogP contribution in [0, 0.1) is 23.4 Å². The number of anilines is 3. The van der Waals surface area contributed by atoms with Crippen LogP contribution in [0.2, 0.25) is 0 Å². The fraction of sp³-hybridized carbons (Fsp3) is 0.440. The van der Waals surface area contributed by atoms with Crippen molar-refractivity contribution < 1.29 is 18.0 Å². The van der Waals surface area contributed by atoms with E-state index in [1.165, 1.54) is 0 Å². The minimum absolute atomic E-state index is 0.0887. The first-order valence-corrected chi connectivity index (χ1v) is 12.2. The van der Waals surface area contributed by atoms with Gasteiger partial charge in [0.25, 0.3) is 0 Å². The maximum absolute atomic E-state index is 14.4. The second kappa shape index (κ2) is 9.79. The number of imidazole rings is 1. The van der Waals surface area contributed by atoms with Gasteiger partial charge >= 0.3 is 0 Å². The monoisotopic (exact) mass is 499 g/mol. The van der Waals surface area contributed by atoms with Gasteiger partial charge in [-0.05, 0) is 39.5 Å². The minimum atomic E-state index is -1.07. The van der Waals surface area contributed by atoms with E-state index in [9.17, 15) is 18.0 Å².